The van der Waals surface area contributed by atoms with Crippen molar-refractivity contribution in [1.29, 1.82) is 0 Å². The Labute approximate surface area is 106 Å². The molecule has 0 bridgehead atoms. The van der Waals surface area contributed by atoms with E-state index in [2.05, 4.69) is 15.7 Å². The Morgan fingerprint density at radius 1 is 1.41 bits per heavy atom. The molecule has 5 nitrogen and oxygen atoms in total. The molecule has 0 unspecified atom stereocenters. The lowest BCUT2D eigenvalue weighted by Gasteiger charge is -2.02. The molecule has 2 aromatic rings. The Hall–Kier alpha value is -1.59. The zero-order valence-corrected chi connectivity index (χ0v) is 10.3. The van der Waals surface area contributed by atoms with Crippen LogP contribution in [0.5, 0.6) is 0 Å². The predicted octanol–water partition coefficient (Wildman–Crippen LogP) is 0.705. The average Bonchev–Trinajstić information content (AvgIpc) is 2.73. The molecule has 2 N–H and O–H groups in total. The maximum absolute atomic E-state index is 11.8. The number of nitrogens with one attached hydrogen (secondary N) is 2. The third kappa shape index (κ3) is 2.95. The molecule has 1 amide bonds. The zero-order valence-electron chi connectivity index (χ0n) is 9.51. The van der Waals surface area contributed by atoms with Crippen LogP contribution in [0.4, 0.5) is 0 Å². The first kappa shape index (κ1) is 13.5. The Balaban J connectivity index is 0.00000144. The van der Waals surface area contributed by atoms with Gasteiger partial charge < -0.3 is 10.6 Å². The smallest absolute Gasteiger partial charge is 0.255 e. The van der Waals surface area contributed by atoms with Crippen molar-refractivity contribution in [2.75, 3.05) is 20.1 Å². The SMILES string of the molecule is CNCCNC(=O)c1cnn2ccccc12.Cl. The molecular formula is C11H15ClN4O. The van der Waals surface area contributed by atoms with Crippen LogP contribution in [0.15, 0.2) is 30.6 Å². The second kappa shape index (κ2) is 6.22. The van der Waals surface area contributed by atoms with Crippen molar-refractivity contribution in [3.05, 3.63) is 36.2 Å². The standard InChI is InChI=1S/C11H14N4O.ClH/c1-12-5-6-13-11(16)9-8-14-15-7-3-2-4-10(9)15;/h2-4,7-8,12H,5-6H2,1H3,(H,13,16);1H. The molecule has 17 heavy (non-hydrogen) atoms. The van der Waals surface area contributed by atoms with E-state index in [4.69, 9.17) is 0 Å². The number of aromatic nitrogens is 2. The summed E-state index contributed by atoms with van der Waals surface area (Å²) in [6.45, 7) is 1.37. The van der Waals surface area contributed by atoms with Crippen molar-refractivity contribution < 1.29 is 4.79 Å². The van der Waals surface area contributed by atoms with Gasteiger partial charge in [0.25, 0.3) is 5.91 Å². The van der Waals surface area contributed by atoms with Gasteiger partial charge in [-0.3, -0.25) is 4.79 Å². The second-order valence-electron chi connectivity index (χ2n) is 3.45. The van der Waals surface area contributed by atoms with E-state index in [0.717, 1.165) is 12.1 Å². The molecule has 0 aromatic carbocycles. The largest absolute Gasteiger partial charge is 0.351 e. The molecule has 2 rings (SSSR count). The average molecular weight is 255 g/mol. The number of likely N-dealkylation sites (N-methyl/N-ethyl adjacent to an activating group) is 1. The van der Waals surface area contributed by atoms with E-state index in [1.54, 1.807) is 10.7 Å². The lowest BCUT2D eigenvalue weighted by molar-refractivity contribution is 0.0956. The highest BCUT2D eigenvalue weighted by Gasteiger charge is 2.10. The van der Waals surface area contributed by atoms with Gasteiger partial charge >= 0.3 is 0 Å². The Kier molecular flexibility index (Phi) is 4.93. The van der Waals surface area contributed by atoms with Crippen LogP contribution in [0.3, 0.4) is 0 Å². The lowest BCUT2D eigenvalue weighted by Crippen LogP contribution is -2.30. The van der Waals surface area contributed by atoms with Gasteiger partial charge in [-0.05, 0) is 19.2 Å². The fourth-order valence-electron chi connectivity index (χ4n) is 1.51. The Morgan fingerprint density at radius 2 is 2.24 bits per heavy atom. The summed E-state index contributed by atoms with van der Waals surface area (Å²) in [5.74, 6) is -0.0866. The summed E-state index contributed by atoms with van der Waals surface area (Å²) in [4.78, 5) is 11.8. The van der Waals surface area contributed by atoms with Gasteiger partial charge in [-0.15, -0.1) is 12.4 Å². The van der Waals surface area contributed by atoms with Crippen molar-refractivity contribution >= 4 is 23.8 Å². The molecule has 0 atom stereocenters. The maximum Gasteiger partial charge on any atom is 0.255 e. The summed E-state index contributed by atoms with van der Waals surface area (Å²) in [7, 11) is 1.85. The normalized spacial score (nSPS) is 9.94. The number of carbonyl (C=O) groups is 1. The van der Waals surface area contributed by atoms with Crippen LogP contribution < -0.4 is 10.6 Å². The predicted molar refractivity (Wildman–Crippen MR) is 68.7 cm³/mol. The van der Waals surface area contributed by atoms with Gasteiger partial charge in [-0.1, -0.05) is 6.07 Å². The monoisotopic (exact) mass is 254 g/mol. The first-order chi connectivity index (χ1) is 7.83. The van der Waals surface area contributed by atoms with Crippen molar-refractivity contribution in [2.45, 2.75) is 0 Å². The number of halogens is 1. The van der Waals surface area contributed by atoms with Crippen molar-refractivity contribution in [1.82, 2.24) is 20.2 Å². The fraction of sp³-hybridized carbons (Fsp3) is 0.273. The van der Waals surface area contributed by atoms with Gasteiger partial charge in [0.05, 0.1) is 17.3 Å². The van der Waals surface area contributed by atoms with Gasteiger partial charge in [0.15, 0.2) is 0 Å². The highest BCUT2D eigenvalue weighted by atomic mass is 35.5. The second-order valence-corrected chi connectivity index (χ2v) is 3.45. The molecule has 0 saturated heterocycles. The zero-order chi connectivity index (χ0) is 11.4. The first-order valence-corrected chi connectivity index (χ1v) is 5.18. The number of amides is 1. The van der Waals surface area contributed by atoms with Crippen LogP contribution in [0.1, 0.15) is 10.4 Å². The van der Waals surface area contributed by atoms with Crippen LogP contribution in [0.25, 0.3) is 5.52 Å². The van der Waals surface area contributed by atoms with E-state index in [1.165, 1.54) is 0 Å². The van der Waals surface area contributed by atoms with E-state index >= 15 is 0 Å². The minimum Gasteiger partial charge on any atom is -0.351 e. The molecule has 0 aliphatic carbocycles. The van der Waals surface area contributed by atoms with Crippen molar-refractivity contribution in [2.24, 2.45) is 0 Å². The van der Waals surface area contributed by atoms with E-state index in [0.29, 0.717) is 12.1 Å². The van der Waals surface area contributed by atoms with E-state index in [-0.39, 0.29) is 18.3 Å². The molecule has 2 heterocycles. The summed E-state index contributed by atoms with van der Waals surface area (Å²) in [6, 6.07) is 5.64. The van der Waals surface area contributed by atoms with Gasteiger partial charge in [0.2, 0.25) is 0 Å². The lowest BCUT2D eigenvalue weighted by atomic mass is 10.2. The molecule has 6 heteroatoms. The molecule has 0 aliphatic heterocycles. The molecular weight excluding hydrogens is 240 g/mol. The molecule has 0 aliphatic rings. The van der Waals surface area contributed by atoms with Crippen molar-refractivity contribution in [3.8, 4) is 0 Å². The minimum atomic E-state index is -0.0866. The van der Waals surface area contributed by atoms with Crippen LogP contribution >= 0.6 is 12.4 Å². The summed E-state index contributed by atoms with van der Waals surface area (Å²) >= 11 is 0. The summed E-state index contributed by atoms with van der Waals surface area (Å²) in [5, 5.41) is 9.90. The Bertz CT molecular complexity index is 497. The molecule has 0 spiro atoms. The first-order valence-electron chi connectivity index (χ1n) is 5.18. The van der Waals surface area contributed by atoms with Gasteiger partial charge in [0, 0.05) is 19.3 Å². The quantitative estimate of drug-likeness (QED) is 0.790. The maximum atomic E-state index is 11.8. The number of carbonyl (C=O) groups excluding carboxylic acids is 1. The molecule has 0 fully saturated rings. The van der Waals surface area contributed by atoms with E-state index in [9.17, 15) is 4.79 Å². The molecule has 0 saturated carbocycles. The summed E-state index contributed by atoms with van der Waals surface area (Å²) in [5.41, 5.74) is 1.43. The molecule has 92 valence electrons. The highest BCUT2D eigenvalue weighted by Crippen LogP contribution is 2.09. The Morgan fingerprint density at radius 3 is 3.00 bits per heavy atom. The van der Waals surface area contributed by atoms with Gasteiger partial charge in [-0.25, -0.2) is 4.52 Å². The number of nitrogens with zero attached hydrogens (tertiary/aromatic N) is 2. The van der Waals surface area contributed by atoms with Crippen LogP contribution in [0.2, 0.25) is 0 Å². The number of pyridine rings is 1. The number of rotatable bonds is 4. The number of fused-ring (bicyclic) bond motifs is 1. The topological polar surface area (TPSA) is 58.4 Å². The minimum absolute atomic E-state index is 0. The van der Waals surface area contributed by atoms with Crippen molar-refractivity contribution in [3.63, 3.8) is 0 Å². The summed E-state index contributed by atoms with van der Waals surface area (Å²) < 4.78 is 1.69. The van der Waals surface area contributed by atoms with Gasteiger partial charge in [0.1, 0.15) is 0 Å². The van der Waals surface area contributed by atoms with Crippen LogP contribution in [-0.4, -0.2) is 35.7 Å². The fourth-order valence-corrected chi connectivity index (χ4v) is 1.51. The third-order valence-corrected chi connectivity index (χ3v) is 2.33. The van der Waals surface area contributed by atoms with E-state index < -0.39 is 0 Å². The molecule has 0 radical (unpaired) electrons. The number of hydrogen-bond donors (Lipinski definition) is 2. The number of hydrogen-bond acceptors (Lipinski definition) is 3. The van der Waals surface area contributed by atoms with Crippen LogP contribution in [-0.2, 0) is 0 Å². The summed E-state index contributed by atoms with van der Waals surface area (Å²) in [6.07, 6.45) is 3.41. The third-order valence-electron chi connectivity index (χ3n) is 2.33. The van der Waals surface area contributed by atoms with Gasteiger partial charge in [-0.2, -0.15) is 5.10 Å². The highest BCUT2D eigenvalue weighted by molar-refractivity contribution is 6.00. The van der Waals surface area contributed by atoms with E-state index in [1.807, 2.05) is 31.4 Å². The molecule has 2 aromatic heterocycles. The van der Waals surface area contributed by atoms with Crippen LogP contribution in [0, 0.1) is 0 Å².